The van der Waals surface area contributed by atoms with Crippen LogP contribution in [0, 0.1) is 0 Å². The van der Waals surface area contributed by atoms with Crippen LogP contribution in [0.1, 0.15) is 21.5 Å². The number of amides is 1. The maximum absolute atomic E-state index is 11.9. The van der Waals surface area contributed by atoms with Crippen molar-refractivity contribution in [3.05, 3.63) is 70.2 Å². The first-order valence-corrected chi connectivity index (χ1v) is 6.78. The van der Waals surface area contributed by atoms with Gasteiger partial charge in [0, 0.05) is 12.4 Å². The van der Waals surface area contributed by atoms with Crippen molar-refractivity contribution in [1.82, 2.24) is 5.32 Å². The van der Waals surface area contributed by atoms with Crippen LogP contribution in [0.25, 0.3) is 0 Å². The molecule has 0 unspecified atom stereocenters. The van der Waals surface area contributed by atoms with Crippen molar-refractivity contribution in [2.75, 3.05) is 0 Å². The van der Waals surface area contributed by atoms with E-state index in [-0.39, 0.29) is 5.91 Å². The molecule has 0 spiro atoms. The highest BCUT2D eigenvalue weighted by Gasteiger charge is 2.08. The zero-order valence-corrected chi connectivity index (χ0v) is 11.7. The Morgan fingerprint density at radius 1 is 1.00 bits per heavy atom. The van der Waals surface area contributed by atoms with Crippen molar-refractivity contribution in [3.63, 3.8) is 0 Å². The van der Waals surface area contributed by atoms with Gasteiger partial charge in [-0.3, -0.25) is 4.79 Å². The summed E-state index contributed by atoms with van der Waals surface area (Å²) in [6, 6.07) is 14.8. The van der Waals surface area contributed by atoms with Crippen molar-refractivity contribution in [3.8, 4) is 0 Å². The van der Waals surface area contributed by atoms with Crippen LogP contribution in [0.15, 0.2) is 48.5 Å². The Morgan fingerprint density at radius 3 is 2.26 bits per heavy atom. The van der Waals surface area contributed by atoms with Gasteiger partial charge in [0.15, 0.2) is 0 Å². The molecule has 98 valence electrons. The fourth-order valence-corrected chi connectivity index (χ4v) is 2.07. The molecular weight excluding hydrogens is 281 g/mol. The molecule has 19 heavy (non-hydrogen) atoms. The SMILES string of the molecule is O=C(NCc1ccc(CCl)cc1)c1ccccc1Cl. The average Bonchev–Trinajstić information content (AvgIpc) is 2.46. The van der Waals surface area contributed by atoms with E-state index in [4.69, 9.17) is 23.2 Å². The molecule has 0 heterocycles. The van der Waals surface area contributed by atoms with Crippen molar-refractivity contribution in [1.29, 1.82) is 0 Å². The Balaban J connectivity index is 1.98. The number of hydrogen-bond donors (Lipinski definition) is 1. The monoisotopic (exact) mass is 293 g/mol. The highest BCUT2D eigenvalue weighted by Crippen LogP contribution is 2.14. The van der Waals surface area contributed by atoms with Gasteiger partial charge < -0.3 is 5.32 Å². The summed E-state index contributed by atoms with van der Waals surface area (Å²) in [7, 11) is 0. The predicted molar refractivity (Wildman–Crippen MR) is 78.6 cm³/mol. The van der Waals surface area contributed by atoms with Crippen LogP contribution >= 0.6 is 23.2 Å². The molecule has 0 fully saturated rings. The second kappa shape index (κ2) is 6.60. The highest BCUT2D eigenvalue weighted by atomic mass is 35.5. The number of carbonyl (C=O) groups is 1. The summed E-state index contributed by atoms with van der Waals surface area (Å²) in [6.45, 7) is 0.465. The quantitative estimate of drug-likeness (QED) is 0.848. The van der Waals surface area contributed by atoms with Crippen molar-refractivity contribution >= 4 is 29.1 Å². The Morgan fingerprint density at radius 2 is 1.63 bits per heavy atom. The number of carbonyl (C=O) groups excluding carboxylic acids is 1. The second-order valence-electron chi connectivity index (χ2n) is 4.11. The number of nitrogens with one attached hydrogen (secondary N) is 1. The fourth-order valence-electron chi connectivity index (χ4n) is 1.67. The van der Waals surface area contributed by atoms with Crippen LogP contribution in [0.4, 0.5) is 0 Å². The van der Waals surface area contributed by atoms with Crippen LogP contribution in [0.2, 0.25) is 5.02 Å². The Hall–Kier alpha value is -1.51. The molecule has 4 heteroatoms. The molecule has 0 aliphatic heterocycles. The minimum Gasteiger partial charge on any atom is -0.348 e. The van der Waals surface area contributed by atoms with Crippen LogP contribution in [-0.2, 0) is 12.4 Å². The molecule has 1 amide bonds. The Bertz CT molecular complexity index is 567. The normalized spacial score (nSPS) is 10.2. The third-order valence-electron chi connectivity index (χ3n) is 2.75. The van der Waals surface area contributed by atoms with Gasteiger partial charge in [-0.05, 0) is 23.3 Å². The summed E-state index contributed by atoms with van der Waals surface area (Å²) < 4.78 is 0. The van der Waals surface area contributed by atoms with Crippen LogP contribution < -0.4 is 5.32 Å². The van der Waals surface area contributed by atoms with Gasteiger partial charge in [0.05, 0.1) is 10.6 Å². The average molecular weight is 294 g/mol. The smallest absolute Gasteiger partial charge is 0.253 e. The first kappa shape index (κ1) is 13.9. The van der Waals surface area contributed by atoms with Gasteiger partial charge in [0.2, 0.25) is 0 Å². The van der Waals surface area contributed by atoms with Crippen LogP contribution in [-0.4, -0.2) is 5.91 Å². The van der Waals surface area contributed by atoms with Crippen LogP contribution in [0.3, 0.4) is 0 Å². The van der Waals surface area contributed by atoms with E-state index in [2.05, 4.69) is 5.32 Å². The zero-order valence-electron chi connectivity index (χ0n) is 10.2. The Kier molecular flexibility index (Phi) is 4.83. The van der Waals surface area contributed by atoms with E-state index in [1.54, 1.807) is 24.3 Å². The minimum absolute atomic E-state index is 0.174. The van der Waals surface area contributed by atoms with Gasteiger partial charge in [-0.25, -0.2) is 0 Å². The summed E-state index contributed by atoms with van der Waals surface area (Å²) in [5.74, 6) is 0.318. The van der Waals surface area contributed by atoms with Gasteiger partial charge in [-0.2, -0.15) is 0 Å². The molecule has 0 aliphatic carbocycles. The van der Waals surface area contributed by atoms with Crippen LogP contribution in [0.5, 0.6) is 0 Å². The topological polar surface area (TPSA) is 29.1 Å². The lowest BCUT2D eigenvalue weighted by molar-refractivity contribution is 0.0951. The molecule has 2 aromatic carbocycles. The van der Waals surface area contributed by atoms with E-state index < -0.39 is 0 Å². The summed E-state index contributed by atoms with van der Waals surface area (Å²) in [5.41, 5.74) is 2.57. The van der Waals surface area contributed by atoms with Gasteiger partial charge in [-0.15, -0.1) is 11.6 Å². The third kappa shape index (κ3) is 3.72. The lowest BCUT2D eigenvalue weighted by Crippen LogP contribution is -2.23. The minimum atomic E-state index is -0.174. The lowest BCUT2D eigenvalue weighted by atomic mass is 10.1. The third-order valence-corrected chi connectivity index (χ3v) is 3.39. The summed E-state index contributed by atoms with van der Waals surface area (Å²) >= 11 is 11.7. The lowest BCUT2D eigenvalue weighted by Gasteiger charge is -2.07. The number of rotatable bonds is 4. The molecule has 2 nitrogen and oxygen atoms in total. The molecule has 1 N–H and O–H groups in total. The van der Waals surface area contributed by atoms with Gasteiger partial charge in [-0.1, -0.05) is 48.0 Å². The molecule has 0 bridgehead atoms. The molecule has 0 aliphatic rings. The molecule has 0 radical (unpaired) electrons. The molecular formula is C15H13Cl2NO. The Labute approximate surface area is 122 Å². The van der Waals surface area contributed by atoms with Gasteiger partial charge >= 0.3 is 0 Å². The fraction of sp³-hybridized carbons (Fsp3) is 0.133. The van der Waals surface area contributed by atoms with E-state index in [1.807, 2.05) is 24.3 Å². The number of benzene rings is 2. The molecule has 0 saturated heterocycles. The summed E-state index contributed by atoms with van der Waals surface area (Å²) in [5, 5.41) is 3.29. The van der Waals surface area contributed by atoms with E-state index in [1.165, 1.54) is 0 Å². The standard InChI is InChI=1S/C15H13Cl2NO/c16-9-11-5-7-12(8-6-11)10-18-15(19)13-3-1-2-4-14(13)17/h1-8H,9-10H2,(H,18,19). The van der Waals surface area contributed by atoms with Crippen molar-refractivity contribution < 1.29 is 4.79 Å². The zero-order chi connectivity index (χ0) is 13.7. The first-order chi connectivity index (χ1) is 9.20. The van der Waals surface area contributed by atoms with E-state index in [0.29, 0.717) is 23.0 Å². The highest BCUT2D eigenvalue weighted by molar-refractivity contribution is 6.33. The van der Waals surface area contributed by atoms with Crippen molar-refractivity contribution in [2.45, 2.75) is 12.4 Å². The predicted octanol–water partition coefficient (Wildman–Crippen LogP) is 4.01. The van der Waals surface area contributed by atoms with Gasteiger partial charge in [0.1, 0.15) is 0 Å². The first-order valence-electron chi connectivity index (χ1n) is 5.87. The van der Waals surface area contributed by atoms with E-state index >= 15 is 0 Å². The number of hydrogen-bond acceptors (Lipinski definition) is 1. The second-order valence-corrected chi connectivity index (χ2v) is 4.79. The molecule has 0 saturated carbocycles. The molecule has 2 rings (SSSR count). The van der Waals surface area contributed by atoms with E-state index in [9.17, 15) is 4.79 Å². The summed E-state index contributed by atoms with van der Waals surface area (Å²) in [4.78, 5) is 11.9. The maximum atomic E-state index is 11.9. The van der Waals surface area contributed by atoms with Crippen molar-refractivity contribution in [2.24, 2.45) is 0 Å². The molecule has 2 aromatic rings. The maximum Gasteiger partial charge on any atom is 0.253 e. The summed E-state index contributed by atoms with van der Waals surface area (Å²) in [6.07, 6.45) is 0. The molecule has 0 aromatic heterocycles. The largest absolute Gasteiger partial charge is 0.348 e. The number of alkyl halides is 1. The molecule has 0 atom stereocenters. The van der Waals surface area contributed by atoms with E-state index in [0.717, 1.165) is 11.1 Å². The number of halogens is 2. The van der Waals surface area contributed by atoms with Gasteiger partial charge in [0.25, 0.3) is 5.91 Å².